The lowest BCUT2D eigenvalue weighted by atomic mass is 10.2. The maximum atomic E-state index is 11.0. The Morgan fingerprint density at radius 1 is 1.17 bits per heavy atom. The summed E-state index contributed by atoms with van der Waals surface area (Å²) in [5.74, 6) is 0.793. The Bertz CT molecular complexity index is 830. The number of rotatable bonds is 5. The third-order valence-corrected chi connectivity index (χ3v) is 3.15. The van der Waals surface area contributed by atoms with Crippen molar-refractivity contribution in [3.63, 3.8) is 0 Å². The zero-order valence-corrected chi connectivity index (χ0v) is 12.3. The van der Waals surface area contributed by atoms with Crippen LogP contribution in [0.1, 0.15) is 11.5 Å². The molecule has 7 nitrogen and oxygen atoms in total. The summed E-state index contributed by atoms with van der Waals surface area (Å²) in [5, 5.41) is 18.9. The predicted molar refractivity (Wildman–Crippen MR) is 81.9 cm³/mol. The largest absolute Gasteiger partial charge is 0.477 e. The van der Waals surface area contributed by atoms with Gasteiger partial charge in [0.15, 0.2) is 12.4 Å². The van der Waals surface area contributed by atoms with Gasteiger partial charge in [0.2, 0.25) is 5.89 Å². The summed E-state index contributed by atoms with van der Waals surface area (Å²) in [6.45, 7) is 1.74. The molecule has 0 aliphatic carbocycles. The predicted octanol–water partition coefficient (Wildman–Crippen LogP) is 3.53. The van der Waals surface area contributed by atoms with Crippen LogP contribution in [0.4, 0.5) is 5.69 Å². The van der Waals surface area contributed by atoms with Crippen molar-refractivity contribution in [2.24, 2.45) is 0 Å². The van der Waals surface area contributed by atoms with Gasteiger partial charge in [0.25, 0.3) is 5.89 Å². The van der Waals surface area contributed by atoms with Crippen molar-refractivity contribution >= 4 is 5.69 Å². The van der Waals surface area contributed by atoms with E-state index in [4.69, 9.17) is 9.15 Å². The highest BCUT2D eigenvalue weighted by molar-refractivity contribution is 5.51. The molecule has 0 fully saturated rings. The zero-order chi connectivity index (χ0) is 16.2. The van der Waals surface area contributed by atoms with E-state index in [9.17, 15) is 10.1 Å². The summed E-state index contributed by atoms with van der Waals surface area (Å²) < 4.78 is 10.9. The van der Waals surface area contributed by atoms with Crippen LogP contribution in [-0.4, -0.2) is 15.1 Å². The Morgan fingerprint density at radius 2 is 1.96 bits per heavy atom. The van der Waals surface area contributed by atoms with Crippen LogP contribution in [0.25, 0.3) is 11.5 Å². The number of hydrogen-bond acceptors (Lipinski definition) is 6. The monoisotopic (exact) mass is 311 g/mol. The Hall–Kier alpha value is -3.22. The van der Waals surface area contributed by atoms with Gasteiger partial charge in [-0.25, -0.2) is 0 Å². The van der Waals surface area contributed by atoms with E-state index in [2.05, 4.69) is 10.2 Å². The van der Waals surface area contributed by atoms with Crippen LogP contribution in [0.2, 0.25) is 0 Å². The summed E-state index contributed by atoms with van der Waals surface area (Å²) in [5.41, 5.74) is 1.49. The summed E-state index contributed by atoms with van der Waals surface area (Å²) in [4.78, 5) is 10.6. The second-order valence-electron chi connectivity index (χ2n) is 4.88. The standard InChI is InChI=1S/C16H13N3O4/c1-11-7-8-14(13(9-11)19(20)21)22-10-15-17-18-16(23-15)12-5-3-2-4-6-12/h2-9H,10H2,1H3. The lowest BCUT2D eigenvalue weighted by Gasteiger charge is -2.04. The summed E-state index contributed by atoms with van der Waals surface area (Å²) in [7, 11) is 0. The molecule has 2 aromatic carbocycles. The van der Waals surface area contributed by atoms with E-state index in [0.717, 1.165) is 11.1 Å². The summed E-state index contributed by atoms with van der Waals surface area (Å²) >= 11 is 0. The molecule has 0 saturated heterocycles. The minimum Gasteiger partial charge on any atom is -0.477 e. The van der Waals surface area contributed by atoms with Gasteiger partial charge in [0.1, 0.15) is 0 Å². The first kappa shape index (κ1) is 14.7. The Kier molecular flexibility index (Phi) is 4.01. The molecule has 1 heterocycles. The van der Waals surface area contributed by atoms with Gasteiger partial charge < -0.3 is 9.15 Å². The van der Waals surface area contributed by atoms with Crippen molar-refractivity contribution in [1.82, 2.24) is 10.2 Å². The molecular weight excluding hydrogens is 298 g/mol. The molecule has 0 amide bonds. The molecule has 23 heavy (non-hydrogen) atoms. The molecule has 7 heteroatoms. The van der Waals surface area contributed by atoms with E-state index in [-0.39, 0.29) is 23.9 Å². The maximum absolute atomic E-state index is 11.0. The van der Waals surface area contributed by atoms with E-state index in [1.807, 2.05) is 30.3 Å². The zero-order valence-electron chi connectivity index (χ0n) is 12.3. The van der Waals surface area contributed by atoms with Crippen LogP contribution >= 0.6 is 0 Å². The van der Waals surface area contributed by atoms with Crippen molar-refractivity contribution in [3.8, 4) is 17.2 Å². The molecule has 0 bridgehead atoms. The minimum atomic E-state index is -0.481. The fourth-order valence-electron chi connectivity index (χ4n) is 2.04. The fourth-order valence-corrected chi connectivity index (χ4v) is 2.04. The Balaban J connectivity index is 1.75. The number of benzene rings is 2. The molecule has 1 aromatic heterocycles. The van der Waals surface area contributed by atoms with Crippen molar-refractivity contribution in [2.75, 3.05) is 0 Å². The number of hydrogen-bond donors (Lipinski definition) is 0. The third kappa shape index (κ3) is 3.34. The van der Waals surface area contributed by atoms with Gasteiger partial charge in [-0.2, -0.15) is 0 Å². The van der Waals surface area contributed by atoms with Crippen molar-refractivity contribution in [1.29, 1.82) is 0 Å². The average Bonchev–Trinajstić information content (AvgIpc) is 3.03. The second-order valence-corrected chi connectivity index (χ2v) is 4.88. The van der Waals surface area contributed by atoms with Crippen LogP contribution < -0.4 is 4.74 Å². The third-order valence-electron chi connectivity index (χ3n) is 3.15. The molecule has 3 rings (SSSR count). The molecule has 3 aromatic rings. The highest BCUT2D eigenvalue weighted by atomic mass is 16.6. The SMILES string of the molecule is Cc1ccc(OCc2nnc(-c3ccccc3)o2)c([N+](=O)[O-])c1. The molecule has 0 spiro atoms. The van der Waals surface area contributed by atoms with E-state index in [0.29, 0.717) is 5.89 Å². The smallest absolute Gasteiger partial charge is 0.311 e. The maximum Gasteiger partial charge on any atom is 0.311 e. The van der Waals surface area contributed by atoms with Gasteiger partial charge >= 0.3 is 5.69 Å². The minimum absolute atomic E-state index is 0.0380. The Morgan fingerprint density at radius 3 is 2.70 bits per heavy atom. The molecule has 0 saturated carbocycles. The van der Waals surface area contributed by atoms with Gasteiger partial charge in [0, 0.05) is 11.6 Å². The van der Waals surface area contributed by atoms with E-state index in [1.54, 1.807) is 19.1 Å². The molecule has 0 aliphatic heterocycles. The van der Waals surface area contributed by atoms with Crippen molar-refractivity contribution < 1.29 is 14.1 Å². The molecule has 116 valence electrons. The number of nitro groups is 1. The number of aryl methyl sites for hydroxylation is 1. The quantitative estimate of drug-likeness (QED) is 0.528. The molecule has 0 radical (unpaired) electrons. The number of ether oxygens (including phenoxy) is 1. The lowest BCUT2D eigenvalue weighted by Crippen LogP contribution is -1.99. The average molecular weight is 311 g/mol. The van der Waals surface area contributed by atoms with Gasteiger partial charge in [-0.1, -0.05) is 24.3 Å². The highest BCUT2D eigenvalue weighted by Crippen LogP contribution is 2.28. The normalized spacial score (nSPS) is 10.5. The van der Waals surface area contributed by atoms with Gasteiger partial charge in [0.05, 0.1) is 4.92 Å². The van der Waals surface area contributed by atoms with Gasteiger partial charge in [-0.3, -0.25) is 10.1 Å². The van der Waals surface area contributed by atoms with Crippen LogP contribution in [0, 0.1) is 17.0 Å². The van der Waals surface area contributed by atoms with Crippen LogP contribution in [0.5, 0.6) is 5.75 Å². The fraction of sp³-hybridized carbons (Fsp3) is 0.125. The molecule has 0 aliphatic rings. The van der Waals surface area contributed by atoms with Crippen LogP contribution in [0.3, 0.4) is 0 Å². The topological polar surface area (TPSA) is 91.3 Å². The number of nitro benzene ring substituents is 1. The first-order chi connectivity index (χ1) is 11.1. The Labute approximate surface area is 131 Å². The summed E-state index contributed by atoms with van der Waals surface area (Å²) in [6.07, 6.45) is 0. The van der Waals surface area contributed by atoms with Crippen molar-refractivity contribution in [3.05, 3.63) is 70.1 Å². The number of aromatic nitrogens is 2. The van der Waals surface area contributed by atoms with Gasteiger partial charge in [-0.05, 0) is 30.7 Å². The second kappa shape index (κ2) is 6.27. The van der Waals surface area contributed by atoms with Crippen LogP contribution in [-0.2, 0) is 6.61 Å². The van der Waals surface area contributed by atoms with Crippen LogP contribution in [0.15, 0.2) is 52.9 Å². The number of nitrogens with zero attached hydrogens (tertiary/aromatic N) is 3. The summed E-state index contributed by atoms with van der Waals surface area (Å²) in [6, 6.07) is 14.1. The molecule has 0 N–H and O–H groups in total. The lowest BCUT2D eigenvalue weighted by molar-refractivity contribution is -0.386. The van der Waals surface area contributed by atoms with E-state index in [1.165, 1.54) is 6.07 Å². The van der Waals surface area contributed by atoms with E-state index >= 15 is 0 Å². The highest BCUT2D eigenvalue weighted by Gasteiger charge is 2.16. The first-order valence-electron chi connectivity index (χ1n) is 6.89. The molecular formula is C16H13N3O4. The first-order valence-corrected chi connectivity index (χ1v) is 6.89. The van der Waals surface area contributed by atoms with Crippen molar-refractivity contribution in [2.45, 2.75) is 13.5 Å². The molecule has 0 unspecified atom stereocenters. The van der Waals surface area contributed by atoms with Gasteiger partial charge in [-0.15, -0.1) is 10.2 Å². The van der Waals surface area contributed by atoms with E-state index < -0.39 is 4.92 Å². The molecule has 0 atom stereocenters.